The topological polar surface area (TPSA) is 116 Å². The third kappa shape index (κ3) is 5.86. The van der Waals surface area contributed by atoms with Crippen molar-refractivity contribution in [3.05, 3.63) is 59.4 Å². The molecule has 0 saturated carbocycles. The summed E-state index contributed by atoms with van der Waals surface area (Å²) in [5.41, 5.74) is 8.14. The summed E-state index contributed by atoms with van der Waals surface area (Å²) in [7, 11) is 0. The molecule has 0 radical (unpaired) electrons. The number of aromatic amines is 2. The van der Waals surface area contributed by atoms with Crippen molar-refractivity contribution in [3.63, 3.8) is 0 Å². The summed E-state index contributed by atoms with van der Waals surface area (Å²) in [4.78, 5) is 46.8. The van der Waals surface area contributed by atoms with E-state index in [1.807, 2.05) is 22.2 Å². The SMILES string of the molecule is CC[C@H](C)CC(=O)N1CCC[C@H]1c1ncc(-c2cc3c4c(c2)OCc2cc(-c5cnc([C@@H]6CCCN6C(=O)C[C@@H](C)CC)[nH]5)cc(c2-4)OC3)[nH]1. The van der Waals surface area contributed by atoms with Gasteiger partial charge in [-0.3, -0.25) is 9.59 Å². The molecule has 0 unspecified atom stereocenters. The Hall–Kier alpha value is -4.60. The molecule has 6 heterocycles. The molecule has 0 spiro atoms. The van der Waals surface area contributed by atoms with E-state index in [1.165, 1.54) is 0 Å². The van der Waals surface area contributed by atoms with Gasteiger partial charge in [0.25, 0.3) is 0 Å². The molecular weight excluding hydrogens is 628 g/mol. The summed E-state index contributed by atoms with van der Waals surface area (Å²) in [5, 5.41) is 0. The first-order valence-corrected chi connectivity index (χ1v) is 18.6. The lowest BCUT2D eigenvalue weighted by Gasteiger charge is -2.30. The van der Waals surface area contributed by atoms with E-state index in [0.29, 0.717) is 37.9 Å². The lowest BCUT2D eigenvalue weighted by molar-refractivity contribution is -0.134. The Labute approximate surface area is 294 Å². The van der Waals surface area contributed by atoms with Crippen LogP contribution in [0.4, 0.5) is 0 Å². The number of ether oxygens (including phenoxy) is 2. The number of nitrogens with one attached hydrogen (secondary N) is 2. The number of likely N-dealkylation sites (tertiary alicyclic amines) is 2. The molecule has 10 heteroatoms. The molecule has 8 rings (SSSR count). The fraction of sp³-hybridized carbons (Fsp3) is 0.500. The number of amides is 2. The van der Waals surface area contributed by atoms with Crippen molar-refractivity contribution in [1.29, 1.82) is 0 Å². The molecule has 2 fully saturated rings. The highest BCUT2D eigenvalue weighted by atomic mass is 16.5. The van der Waals surface area contributed by atoms with Gasteiger partial charge < -0.3 is 29.2 Å². The lowest BCUT2D eigenvalue weighted by atomic mass is 9.87. The van der Waals surface area contributed by atoms with Crippen molar-refractivity contribution >= 4 is 11.8 Å². The zero-order chi connectivity index (χ0) is 34.5. The molecule has 2 N–H and O–H groups in total. The van der Waals surface area contributed by atoms with Crippen LogP contribution in [0.2, 0.25) is 0 Å². The van der Waals surface area contributed by atoms with Crippen LogP contribution in [0.25, 0.3) is 33.6 Å². The van der Waals surface area contributed by atoms with Crippen LogP contribution in [0, 0.1) is 11.8 Å². The Balaban J connectivity index is 1.03. The van der Waals surface area contributed by atoms with Gasteiger partial charge in [0.15, 0.2) is 0 Å². The van der Waals surface area contributed by atoms with Crippen LogP contribution in [0.1, 0.15) is 114 Å². The van der Waals surface area contributed by atoms with E-state index in [1.54, 1.807) is 0 Å². The van der Waals surface area contributed by atoms with Gasteiger partial charge in [-0.15, -0.1) is 0 Å². The molecule has 0 bridgehead atoms. The van der Waals surface area contributed by atoms with E-state index >= 15 is 0 Å². The average Bonchev–Trinajstić information content (AvgIpc) is 3.96. The molecule has 2 aromatic carbocycles. The van der Waals surface area contributed by atoms with Gasteiger partial charge in [-0.1, -0.05) is 40.5 Å². The Morgan fingerprint density at radius 1 is 0.740 bits per heavy atom. The minimum atomic E-state index is -0.0142. The molecule has 50 heavy (non-hydrogen) atoms. The van der Waals surface area contributed by atoms with Gasteiger partial charge in [-0.2, -0.15) is 0 Å². The molecule has 2 amide bonds. The van der Waals surface area contributed by atoms with Crippen molar-refractivity contribution in [2.45, 2.75) is 104 Å². The predicted molar refractivity (Wildman–Crippen MR) is 191 cm³/mol. The average molecular weight is 677 g/mol. The molecule has 4 aromatic rings. The Kier molecular flexibility index (Phi) is 8.65. The number of H-pyrrole nitrogens is 2. The molecule has 10 nitrogen and oxygen atoms in total. The normalized spacial score (nSPS) is 20.3. The standard InChI is InChI=1S/C40H48N6O4/c1-5-23(3)13-35(47)45-11-7-9-31(45)39-41-19-29(43-39)25-15-27-21-50-34-18-26(16-28-22-49-33(17-25)37(27)38(28)34)30-20-42-40(44-30)32-10-8-12-46(32)36(48)14-24(4)6-2/h15-20,23-24,31-32H,5-14,21-22H2,1-4H3,(H,41,43)(H,42,44)/t23-,24-,31-,32-/m0/s1. The molecule has 4 aliphatic rings. The molecule has 262 valence electrons. The maximum absolute atomic E-state index is 13.1. The lowest BCUT2D eigenvalue weighted by Crippen LogP contribution is -2.32. The fourth-order valence-corrected chi connectivity index (χ4v) is 8.11. The number of aromatic nitrogens is 4. The quantitative estimate of drug-likeness (QED) is 0.175. The number of hydrogen-bond donors (Lipinski definition) is 2. The second-order valence-electron chi connectivity index (χ2n) is 14.9. The van der Waals surface area contributed by atoms with Gasteiger partial charge in [0.05, 0.1) is 35.9 Å². The minimum absolute atomic E-state index is 0.0142. The van der Waals surface area contributed by atoms with E-state index in [-0.39, 0.29) is 23.9 Å². The summed E-state index contributed by atoms with van der Waals surface area (Å²) >= 11 is 0. The summed E-state index contributed by atoms with van der Waals surface area (Å²) in [6, 6.07) is 8.50. The van der Waals surface area contributed by atoms with Crippen LogP contribution in [0.3, 0.4) is 0 Å². The first-order valence-electron chi connectivity index (χ1n) is 18.6. The summed E-state index contributed by atoms with van der Waals surface area (Å²) in [6.45, 7) is 11.0. The zero-order valence-electron chi connectivity index (χ0n) is 29.7. The van der Waals surface area contributed by atoms with E-state index < -0.39 is 0 Å². The summed E-state index contributed by atoms with van der Waals surface area (Å²) in [5.74, 6) is 4.58. The number of carbonyl (C=O) groups is 2. The van der Waals surface area contributed by atoms with E-state index in [0.717, 1.165) is 120 Å². The van der Waals surface area contributed by atoms with Crippen molar-refractivity contribution < 1.29 is 19.1 Å². The van der Waals surface area contributed by atoms with Crippen LogP contribution in [0.15, 0.2) is 36.7 Å². The molecular formula is C40H48N6O4. The monoisotopic (exact) mass is 676 g/mol. The van der Waals surface area contributed by atoms with Crippen molar-refractivity contribution in [3.8, 4) is 45.1 Å². The van der Waals surface area contributed by atoms with Crippen molar-refractivity contribution in [1.82, 2.24) is 29.7 Å². The van der Waals surface area contributed by atoms with Gasteiger partial charge in [-0.25, -0.2) is 9.97 Å². The molecule has 4 atom stereocenters. The number of hydrogen-bond acceptors (Lipinski definition) is 6. The molecule has 2 saturated heterocycles. The highest BCUT2D eigenvalue weighted by molar-refractivity contribution is 5.88. The van der Waals surface area contributed by atoms with Crippen molar-refractivity contribution in [2.24, 2.45) is 11.8 Å². The van der Waals surface area contributed by atoms with Crippen LogP contribution in [0.5, 0.6) is 11.5 Å². The summed E-state index contributed by atoms with van der Waals surface area (Å²) < 4.78 is 12.9. The number of benzene rings is 2. The summed E-state index contributed by atoms with van der Waals surface area (Å²) in [6.07, 6.45) is 10.7. The van der Waals surface area contributed by atoms with Gasteiger partial charge in [0.1, 0.15) is 36.4 Å². The van der Waals surface area contributed by atoms with Gasteiger partial charge in [0.2, 0.25) is 11.8 Å². The maximum Gasteiger partial charge on any atom is 0.223 e. The zero-order valence-corrected chi connectivity index (χ0v) is 29.7. The Morgan fingerprint density at radius 2 is 1.18 bits per heavy atom. The van der Waals surface area contributed by atoms with E-state index in [9.17, 15) is 9.59 Å². The highest BCUT2D eigenvalue weighted by Crippen LogP contribution is 2.51. The maximum atomic E-state index is 13.1. The van der Waals surface area contributed by atoms with E-state index in [2.05, 4.69) is 61.9 Å². The van der Waals surface area contributed by atoms with Crippen molar-refractivity contribution in [2.75, 3.05) is 13.1 Å². The third-order valence-electron chi connectivity index (χ3n) is 11.4. The second-order valence-corrected chi connectivity index (χ2v) is 14.9. The van der Waals surface area contributed by atoms with Crippen LogP contribution in [-0.4, -0.2) is 54.6 Å². The molecule has 4 aliphatic heterocycles. The van der Waals surface area contributed by atoms with Gasteiger partial charge >= 0.3 is 0 Å². The van der Waals surface area contributed by atoms with Crippen LogP contribution < -0.4 is 9.47 Å². The molecule has 2 aromatic heterocycles. The van der Waals surface area contributed by atoms with Crippen LogP contribution >= 0.6 is 0 Å². The number of imidazole rings is 2. The fourth-order valence-electron chi connectivity index (χ4n) is 8.11. The largest absolute Gasteiger partial charge is 0.488 e. The van der Waals surface area contributed by atoms with Gasteiger partial charge in [-0.05, 0) is 61.8 Å². The highest BCUT2D eigenvalue weighted by Gasteiger charge is 2.35. The predicted octanol–water partition coefficient (Wildman–Crippen LogP) is 8.12. The Bertz CT molecular complexity index is 1740. The van der Waals surface area contributed by atoms with Crippen LogP contribution in [-0.2, 0) is 22.8 Å². The second kappa shape index (κ2) is 13.3. The number of carbonyl (C=O) groups excluding carboxylic acids is 2. The number of rotatable bonds is 10. The molecule has 0 aliphatic carbocycles. The Morgan fingerprint density at radius 3 is 1.60 bits per heavy atom. The third-order valence-corrected chi connectivity index (χ3v) is 11.4. The van der Waals surface area contributed by atoms with E-state index in [4.69, 9.17) is 19.4 Å². The van der Waals surface area contributed by atoms with Gasteiger partial charge in [0, 0.05) is 59.3 Å². The number of nitrogens with zero attached hydrogens (tertiary/aromatic N) is 4. The minimum Gasteiger partial charge on any atom is -0.488 e. The smallest absolute Gasteiger partial charge is 0.223 e. The first-order chi connectivity index (χ1) is 24.3. The first kappa shape index (κ1) is 32.6.